The zero-order chi connectivity index (χ0) is 20.1. The molecule has 0 bridgehead atoms. The van der Waals surface area contributed by atoms with Gasteiger partial charge in [-0.15, -0.1) is 0 Å². The third kappa shape index (κ3) is 4.74. The van der Waals surface area contributed by atoms with E-state index in [1.165, 1.54) is 12.0 Å². The molecule has 0 aliphatic carbocycles. The van der Waals surface area contributed by atoms with Gasteiger partial charge in [-0.1, -0.05) is 41.9 Å². The van der Waals surface area contributed by atoms with E-state index in [2.05, 4.69) is 4.74 Å². The Morgan fingerprint density at radius 2 is 1.86 bits per heavy atom. The average Bonchev–Trinajstić information content (AvgIpc) is 2.96. The van der Waals surface area contributed by atoms with Crippen molar-refractivity contribution >= 4 is 46.6 Å². The van der Waals surface area contributed by atoms with Gasteiger partial charge in [0.25, 0.3) is 11.1 Å². The average molecular weight is 418 g/mol. The van der Waals surface area contributed by atoms with Crippen molar-refractivity contribution in [2.75, 3.05) is 13.7 Å². The minimum atomic E-state index is -0.476. The predicted octanol–water partition coefficient (Wildman–Crippen LogP) is 4.13. The van der Waals surface area contributed by atoms with Crippen molar-refractivity contribution in [3.63, 3.8) is 0 Å². The molecule has 0 saturated carbocycles. The van der Waals surface area contributed by atoms with Crippen LogP contribution in [0.15, 0.2) is 53.4 Å². The number of methoxy groups -OCH3 is 1. The quantitative estimate of drug-likeness (QED) is 0.519. The van der Waals surface area contributed by atoms with E-state index in [0.717, 1.165) is 17.3 Å². The van der Waals surface area contributed by atoms with Gasteiger partial charge >= 0.3 is 5.97 Å². The fourth-order valence-electron chi connectivity index (χ4n) is 2.45. The van der Waals surface area contributed by atoms with Crippen LogP contribution in [-0.2, 0) is 20.9 Å². The first-order valence-electron chi connectivity index (χ1n) is 8.26. The number of esters is 1. The summed E-state index contributed by atoms with van der Waals surface area (Å²) in [6.45, 7) is -0.0568. The molecule has 3 rings (SSSR count). The zero-order valence-corrected chi connectivity index (χ0v) is 16.5. The number of benzene rings is 2. The first-order chi connectivity index (χ1) is 13.5. The van der Waals surface area contributed by atoms with Crippen molar-refractivity contribution in [1.29, 1.82) is 0 Å². The van der Waals surface area contributed by atoms with Crippen LogP contribution in [0.25, 0.3) is 6.08 Å². The van der Waals surface area contributed by atoms with E-state index in [1.54, 1.807) is 54.6 Å². The van der Waals surface area contributed by atoms with E-state index < -0.39 is 5.97 Å². The molecule has 2 aromatic carbocycles. The van der Waals surface area contributed by atoms with Crippen LogP contribution in [0, 0.1) is 0 Å². The van der Waals surface area contributed by atoms with Gasteiger partial charge in [-0.2, -0.15) is 0 Å². The van der Waals surface area contributed by atoms with Crippen molar-refractivity contribution in [3.05, 3.63) is 69.6 Å². The molecule has 0 unspecified atom stereocenters. The van der Waals surface area contributed by atoms with Crippen LogP contribution >= 0.6 is 23.4 Å². The van der Waals surface area contributed by atoms with Crippen molar-refractivity contribution in [2.24, 2.45) is 0 Å². The molecular weight excluding hydrogens is 402 g/mol. The highest BCUT2D eigenvalue weighted by Gasteiger charge is 2.35. The molecule has 2 amide bonds. The number of halogens is 1. The van der Waals surface area contributed by atoms with Crippen LogP contribution in [0.3, 0.4) is 0 Å². The summed E-state index contributed by atoms with van der Waals surface area (Å²) in [5.74, 6) is -0.341. The van der Waals surface area contributed by atoms with Crippen molar-refractivity contribution in [3.8, 4) is 5.75 Å². The lowest BCUT2D eigenvalue weighted by Crippen LogP contribution is -2.27. The van der Waals surface area contributed by atoms with E-state index in [1.807, 2.05) is 0 Å². The van der Waals surface area contributed by atoms with Crippen molar-refractivity contribution < 1.29 is 23.9 Å². The molecule has 1 aliphatic heterocycles. The first-order valence-corrected chi connectivity index (χ1v) is 9.46. The lowest BCUT2D eigenvalue weighted by atomic mass is 10.2. The lowest BCUT2D eigenvalue weighted by molar-refractivity contribution is -0.142. The third-order valence-electron chi connectivity index (χ3n) is 3.92. The van der Waals surface area contributed by atoms with Crippen molar-refractivity contribution in [2.45, 2.75) is 6.54 Å². The lowest BCUT2D eigenvalue weighted by Gasteiger charge is -2.13. The molecule has 0 radical (unpaired) electrons. The molecule has 8 heteroatoms. The number of ether oxygens (including phenoxy) is 2. The van der Waals surface area contributed by atoms with E-state index >= 15 is 0 Å². The molecular formula is C20H16ClNO5S. The number of imide groups is 1. The monoisotopic (exact) mass is 417 g/mol. The summed E-state index contributed by atoms with van der Waals surface area (Å²) in [6, 6.07) is 13.9. The van der Waals surface area contributed by atoms with Gasteiger partial charge in [0.1, 0.15) is 5.75 Å². The number of carbonyl (C=O) groups is 3. The minimum absolute atomic E-state index is 0.127. The number of rotatable bonds is 6. The largest absolute Gasteiger partial charge is 0.482 e. The smallest absolute Gasteiger partial charge is 0.343 e. The molecule has 1 saturated heterocycles. The normalized spacial score (nSPS) is 15.2. The number of thioether (sulfide) groups is 1. The topological polar surface area (TPSA) is 72.9 Å². The first kappa shape index (κ1) is 20.0. The molecule has 0 aromatic heterocycles. The summed E-state index contributed by atoms with van der Waals surface area (Å²) >= 11 is 7.01. The van der Waals surface area contributed by atoms with Gasteiger partial charge in [-0.05, 0) is 47.2 Å². The maximum Gasteiger partial charge on any atom is 0.343 e. The van der Waals surface area contributed by atoms with Crippen LogP contribution in [0.5, 0.6) is 5.75 Å². The third-order valence-corrected chi connectivity index (χ3v) is 5.20. The Morgan fingerprint density at radius 1 is 1.14 bits per heavy atom. The summed E-state index contributed by atoms with van der Waals surface area (Å²) in [5.41, 5.74) is 1.44. The number of hydrogen-bond acceptors (Lipinski definition) is 6. The summed E-state index contributed by atoms with van der Waals surface area (Å²) in [7, 11) is 1.29. The van der Waals surface area contributed by atoms with Crippen LogP contribution < -0.4 is 4.74 Å². The fourth-order valence-corrected chi connectivity index (χ4v) is 3.48. The molecule has 1 heterocycles. The predicted molar refractivity (Wildman–Crippen MR) is 107 cm³/mol. The Balaban J connectivity index is 1.69. The Morgan fingerprint density at radius 3 is 2.54 bits per heavy atom. The SMILES string of the molecule is COC(=O)COc1ccc(/C=C2\SC(=O)N(Cc3ccccc3Cl)C2=O)cc1. The second-order valence-electron chi connectivity index (χ2n) is 5.79. The molecule has 0 N–H and O–H groups in total. The van der Waals surface area contributed by atoms with Crippen LogP contribution in [0.1, 0.15) is 11.1 Å². The Labute approximate surface area is 171 Å². The number of amides is 2. The van der Waals surface area contributed by atoms with Crippen LogP contribution in [0.2, 0.25) is 5.02 Å². The zero-order valence-electron chi connectivity index (χ0n) is 14.9. The Bertz CT molecular complexity index is 942. The highest BCUT2D eigenvalue weighted by molar-refractivity contribution is 8.18. The van der Waals surface area contributed by atoms with Gasteiger partial charge < -0.3 is 9.47 Å². The van der Waals surface area contributed by atoms with E-state index in [-0.39, 0.29) is 24.3 Å². The Kier molecular flexibility index (Phi) is 6.38. The summed E-state index contributed by atoms with van der Waals surface area (Å²) in [4.78, 5) is 37.5. The summed E-state index contributed by atoms with van der Waals surface area (Å²) in [6.07, 6.45) is 1.64. The molecule has 1 aliphatic rings. The summed E-state index contributed by atoms with van der Waals surface area (Å²) < 4.78 is 9.78. The van der Waals surface area contributed by atoms with Gasteiger partial charge in [0.05, 0.1) is 18.6 Å². The van der Waals surface area contributed by atoms with Crippen LogP contribution in [0.4, 0.5) is 4.79 Å². The maximum atomic E-state index is 12.6. The molecule has 0 atom stereocenters. The van der Waals surface area contributed by atoms with Crippen molar-refractivity contribution in [1.82, 2.24) is 4.90 Å². The van der Waals surface area contributed by atoms with Gasteiger partial charge in [0.2, 0.25) is 0 Å². The number of carbonyl (C=O) groups excluding carboxylic acids is 3. The molecule has 0 spiro atoms. The van der Waals surface area contributed by atoms with Crippen LogP contribution in [-0.4, -0.2) is 35.7 Å². The molecule has 1 fully saturated rings. The van der Waals surface area contributed by atoms with Gasteiger partial charge in [-0.25, -0.2) is 4.79 Å². The Hall–Kier alpha value is -2.77. The van der Waals surface area contributed by atoms with Gasteiger partial charge in [-0.3, -0.25) is 14.5 Å². The summed E-state index contributed by atoms with van der Waals surface area (Å²) in [5, 5.41) is 0.169. The number of hydrogen-bond donors (Lipinski definition) is 0. The molecule has 2 aromatic rings. The molecule has 28 heavy (non-hydrogen) atoms. The second kappa shape index (κ2) is 8.95. The fraction of sp³-hybridized carbons (Fsp3) is 0.150. The minimum Gasteiger partial charge on any atom is -0.482 e. The number of nitrogens with zero attached hydrogens (tertiary/aromatic N) is 1. The highest BCUT2D eigenvalue weighted by Crippen LogP contribution is 2.34. The molecule has 144 valence electrons. The molecule has 6 nitrogen and oxygen atoms in total. The highest BCUT2D eigenvalue weighted by atomic mass is 35.5. The second-order valence-corrected chi connectivity index (χ2v) is 7.19. The van der Waals surface area contributed by atoms with E-state index in [4.69, 9.17) is 16.3 Å². The maximum absolute atomic E-state index is 12.6. The standard InChI is InChI=1S/C20H16ClNO5S/c1-26-18(23)12-27-15-8-6-13(7-9-15)10-17-19(24)22(20(25)28-17)11-14-4-2-3-5-16(14)21/h2-10H,11-12H2,1H3/b17-10-. The van der Waals surface area contributed by atoms with Gasteiger partial charge in [0, 0.05) is 5.02 Å². The van der Waals surface area contributed by atoms with E-state index in [0.29, 0.717) is 21.2 Å². The van der Waals surface area contributed by atoms with Gasteiger partial charge in [0.15, 0.2) is 6.61 Å². The van der Waals surface area contributed by atoms with E-state index in [9.17, 15) is 14.4 Å².